The highest BCUT2D eigenvalue weighted by molar-refractivity contribution is 5.36. The minimum atomic E-state index is -1.51. The zero-order chi connectivity index (χ0) is 9.84. The molecule has 0 radical (unpaired) electrons. The van der Waals surface area contributed by atoms with Gasteiger partial charge >= 0.3 is 0 Å². The van der Waals surface area contributed by atoms with Crippen molar-refractivity contribution in [2.45, 2.75) is 0 Å². The van der Waals surface area contributed by atoms with Gasteiger partial charge in [-0.25, -0.2) is 13.2 Å². The Morgan fingerprint density at radius 3 is 2.46 bits per heavy atom. The molecule has 0 spiro atoms. The van der Waals surface area contributed by atoms with Gasteiger partial charge in [0.2, 0.25) is 0 Å². The van der Waals surface area contributed by atoms with Crippen molar-refractivity contribution in [2.24, 2.45) is 5.73 Å². The molecule has 0 fully saturated rings. The van der Waals surface area contributed by atoms with Crippen LogP contribution in [0.25, 0.3) is 0 Å². The molecule has 0 unspecified atom stereocenters. The van der Waals surface area contributed by atoms with Gasteiger partial charge in [0.15, 0.2) is 17.5 Å². The molecule has 0 bridgehead atoms. The van der Waals surface area contributed by atoms with E-state index < -0.39 is 17.5 Å². The Labute approximate surface area is 73.4 Å². The number of halogens is 3. The second-order valence-electron chi connectivity index (χ2n) is 2.23. The largest absolute Gasteiger partial charge is 0.320 e. The van der Waals surface area contributed by atoms with Gasteiger partial charge in [0.1, 0.15) is 0 Å². The summed E-state index contributed by atoms with van der Waals surface area (Å²) in [6.45, 7) is 0.0401. The Kier molecular flexibility index (Phi) is 2.93. The lowest BCUT2D eigenvalue weighted by Gasteiger charge is -1.96. The Morgan fingerprint density at radius 1 is 1.15 bits per heavy atom. The van der Waals surface area contributed by atoms with Crippen molar-refractivity contribution in [2.75, 3.05) is 6.54 Å². The Hall–Kier alpha value is -1.47. The zero-order valence-corrected chi connectivity index (χ0v) is 6.57. The normalized spacial score (nSPS) is 9.23. The molecule has 0 amide bonds. The summed E-state index contributed by atoms with van der Waals surface area (Å²) in [5.74, 6) is 0.611. The first-order valence-electron chi connectivity index (χ1n) is 3.49. The topological polar surface area (TPSA) is 26.0 Å². The molecule has 1 aromatic carbocycles. The third kappa shape index (κ3) is 2.01. The van der Waals surface area contributed by atoms with Gasteiger partial charge in [-0.3, -0.25) is 0 Å². The van der Waals surface area contributed by atoms with E-state index in [9.17, 15) is 13.2 Å². The van der Waals surface area contributed by atoms with Gasteiger partial charge in [-0.2, -0.15) is 0 Å². The van der Waals surface area contributed by atoms with E-state index >= 15 is 0 Å². The van der Waals surface area contributed by atoms with Gasteiger partial charge in [0.05, 0.1) is 12.1 Å². The zero-order valence-electron chi connectivity index (χ0n) is 6.57. The molecule has 13 heavy (non-hydrogen) atoms. The first-order valence-corrected chi connectivity index (χ1v) is 3.49. The molecular weight excluding hydrogens is 179 g/mol. The molecule has 68 valence electrons. The molecule has 1 rings (SSSR count). The molecule has 0 aliphatic carbocycles. The first-order chi connectivity index (χ1) is 6.16. The van der Waals surface area contributed by atoms with Crippen LogP contribution in [0.15, 0.2) is 12.1 Å². The molecule has 0 heterocycles. The lowest BCUT2D eigenvalue weighted by molar-refractivity contribution is 0.446. The summed E-state index contributed by atoms with van der Waals surface area (Å²) in [4.78, 5) is 0. The fourth-order valence-electron chi connectivity index (χ4n) is 0.769. The molecule has 0 aromatic heterocycles. The van der Waals surface area contributed by atoms with Crippen molar-refractivity contribution >= 4 is 0 Å². The van der Waals surface area contributed by atoms with E-state index in [2.05, 4.69) is 11.8 Å². The number of benzene rings is 1. The van der Waals surface area contributed by atoms with Gasteiger partial charge < -0.3 is 5.73 Å². The van der Waals surface area contributed by atoms with Gasteiger partial charge in [-0.05, 0) is 12.1 Å². The quantitative estimate of drug-likeness (QED) is 0.480. The SMILES string of the molecule is NCC#Cc1ccc(F)c(F)c1F. The number of rotatable bonds is 0. The van der Waals surface area contributed by atoms with Crippen molar-refractivity contribution in [1.29, 1.82) is 0 Å². The molecule has 0 aliphatic rings. The van der Waals surface area contributed by atoms with Crippen LogP contribution >= 0.6 is 0 Å². The fraction of sp³-hybridized carbons (Fsp3) is 0.111. The molecule has 1 nitrogen and oxygen atoms in total. The summed E-state index contributed by atoms with van der Waals surface area (Å²) >= 11 is 0. The summed E-state index contributed by atoms with van der Waals surface area (Å²) in [5.41, 5.74) is 4.84. The van der Waals surface area contributed by atoms with E-state index in [1.54, 1.807) is 0 Å². The lowest BCUT2D eigenvalue weighted by atomic mass is 10.2. The van der Waals surface area contributed by atoms with E-state index in [4.69, 9.17) is 5.73 Å². The second-order valence-corrected chi connectivity index (χ2v) is 2.23. The average Bonchev–Trinajstić information content (AvgIpc) is 2.13. The Balaban J connectivity index is 3.18. The third-order valence-corrected chi connectivity index (χ3v) is 1.36. The minimum absolute atomic E-state index is 0.0401. The van der Waals surface area contributed by atoms with Crippen LogP contribution in [0, 0.1) is 29.3 Å². The van der Waals surface area contributed by atoms with Crippen molar-refractivity contribution in [3.8, 4) is 11.8 Å². The number of hydrogen-bond acceptors (Lipinski definition) is 1. The van der Waals surface area contributed by atoms with Crippen molar-refractivity contribution in [3.05, 3.63) is 35.1 Å². The summed E-state index contributed by atoms with van der Waals surface area (Å²) in [7, 11) is 0. The molecular formula is C9H6F3N. The predicted molar refractivity (Wildman–Crippen MR) is 42.2 cm³/mol. The standard InChI is InChI=1S/C9H6F3N/c10-7-4-3-6(2-1-5-13)8(11)9(7)12/h3-4H,5,13H2. The number of nitrogens with two attached hydrogens (primary N) is 1. The molecule has 4 heteroatoms. The fourth-order valence-corrected chi connectivity index (χ4v) is 0.769. The maximum absolute atomic E-state index is 12.8. The summed E-state index contributed by atoms with van der Waals surface area (Å²) < 4.78 is 37.8. The van der Waals surface area contributed by atoms with Crippen LogP contribution in [-0.4, -0.2) is 6.54 Å². The van der Waals surface area contributed by atoms with Crippen molar-refractivity contribution < 1.29 is 13.2 Å². The highest BCUT2D eigenvalue weighted by Gasteiger charge is 2.11. The maximum Gasteiger partial charge on any atom is 0.195 e. The van der Waals surface area contributed by atoms with Crippen LogP contribution in [0.2, 0.25) is 0 Å². The number of hydrogen-bond donors (Lipinski definition) is 1. The second kappa shape index (κ2) is 3.97. The van der Waals surface area contributed by atoms with Crippen LogP contribution in [0.3, 0.4) is 0 Å². The van der Waals surface area contributed by atoms with Gasteiger partial charge in [-0.1, -0.05) is 11.8 Å². The van der Waals surface area contributed by atoms with E-state index in [-0.39, 0.29) is 12.1 Å². The molecule has 1 aromatic rings. The van der Waals surface area contributed by atoms with Crippen LogP contribution in [0.5, 0.6) is 0 Å². The summed E-state index contributed by atoms with van der Waals surface area (Å²) in [6, 6.07) is 1.88. The first kappa shape index (κ1) is 9.62. The Bertz CT molecular complexity index is 376. The summed E-state index contributed by atoms with van der Waals surface area (Å²) in [5, 5.41) is 0. The van der Waals surface area contributed by atoms with Crippen LogP contribution < -0.4 is 5.73 Å². The highest BCUT2D eigenvalue weighted by Crippen LogP contribution is 2.13. The molecule has 0 atom stereocenters. The van der Waals surface area contributed by atoms with Gasteiger partial charge in [-0.15, -0.1) is 0 Å². The molecule has 0 aliphatic heterocycles. The van der Waals surface area contributed by atoms with Gasteiger partial charge in [0, 0.05) is 0 Å². The summed E-state index contributed by atoms with van der Waals surface area (Å²) in [6.07, 6.45) is 0. The van der Waals surface area contributed by atoms with Crippen molar-refractivity contribution in [3.63, 3.8) is 0 Å². The molecule has 0 saturated heterocycles. The highest BCUT2D eigenvalue weighted by atomic mass is 19.2. The average molecular weight is 185 g/mol. The minimum Gasteiger partial charge on any atom is -0.320 e. The molecule has 2 N–H and O–H groups in total. The Morgan fingerprint density at radius 2 is 1.85 bits per heavy atom. The van der Waals surface area contributed by atoms with Gasteiger partial charge in [0.25, 0.3) is 0 Å². The van der Waals surface area contributed by atoms with Crippen LogP contribution in [0.1, 0.15) is 5.56 Å². The monoisotopic (exact) mass is 185 g/mol. The molecule has 0 saturated carbocycles. The predicted octanol–water partition coefficient (Wildman–Crippen LogP) is 1.41. The van der Waals surface area contributed by atoms with E-state index in [1.807, 2.05) is 0 Å². The third-order valence-electron chi connectivity index (χ3n) is 1.36. The lowest BCUT2D eigenvalue weighted by Crippen LogP contribution is -1.96. The van der Waals surface area contributed by atoms with E-state index in [1.165, 1.54) is 0 Å². The van der Waals surface area contributed by atoms with E-state index in [0.29, 0.717) is 0 Å². The van der Waals surface area contributed by atoms with Crippen LogP contribution in [-0.2, 0) is 0 Å². The van der Waals surface area contributed by atoms with Crippen molar-refractivity contribution in [1.82, 2.24) is 0 Å². The van der Waals surface area contributed by atoms with Crippen LogP contribution in [0.4, 0.5) is 13.2 Å². The maximum atomic E-state index is 12.8. The van der Waals surface area contributed by atoms with E-state index in [0.717, 1.165) is 12.1 Å². The smallest absolute Gasteiger partial charge is 0.195 e.